The molecule has 1 N–H and O–H groups in total. The number of aromatic nitrogens is 5. The zero-order valence-electron chi connectivity index (χ0n) is 15.6. The summed E-state index contributed by atoms with van der Waals surface area (Å²) >= 11 is 0. The predicted molar refractivity (Wildman–Crippen MR) is 95.4 cm³/mol. The van der Waals surface area contributed by atoms with Gasteiger partial charge in [0.25, 0.3) is 5.91 Å². The van der Waals surface area contributed by atoms with Crippen molar-refractivity contribution < 1.29 is 9.90 Å². The van der Waals surface area contributed by atoms with Crippen LogP contribution in [0, 0.1) is 12.8 Å². The van der Waals surface area contributed by atoms with Gasteiger partial charge in [0.05, 0.1) is 18.8 Å². The molecule has 0 aliphatic carbocycles. The van der Waals surface area contributed by atoms with Crippen molar-refractivity contribution in [1.29, 1.82) is 0 Å². The van der Waals surface area contributed by atoms with Gasteiger partial charge in [0, 0.05) is 18.8 Å². The van der Waals surface area contributed by atoms with E-state index in [-0.39, 0.29) is 18.6 Å². The second-order valence-electron chi connectivity index (χ2n) is 7.26. The van der Waals surface area contributed by atoms with E-state index in [1.54, 1.807) is 10.9 Å². The third-order valence-electron chi connectivity index (χ3n) is 4.57. The van der Waals surface area contributed by atoms with Gasteiger partial charge in [-0.05, 0) is 38.2 Å². The molecule has 0 bridgehead atoms. The number of amides is 1. The first-order chi connectivity index (χ1) is 12.5. The number of piperidine rings is 1. The van der Waals surface area contributed by atoms with Crippen molar-refractivity contribution in [2.75, 3.05) is 13.1 Å². The molecule has 0 atom stereocenters. The summed E-state index contributed by atoms with van der Waals surface area (Å²) < 4.78 is 1.79. The fraction of sp³-hybridized carbons (Fsp3) is 0.611. The molecule has 1 aliphatic heterocycles. The van der Waals surface area contributed by atoms with Crippen LogP contribution in [-0.2, 0) is 13.0 Å². The molecule has 2 aromatic heterocycles. The Morgan fingerprint density at radius 3 is 2.62 bits per heavy atom. The van der Waals surface area contributed by atoms with Gasteiger partial charge in [-0.1, -0.05) is 19.1 Å². The molecule has 1 amide bonds. The largest absolute Gasteiger partial charge is 0.390 e. The first-order valence-corrected chi connectivity index (χ1v) is 9.11. The number of likely N-dealkylation sites (tertiary alicyclic amines) is 1. The lowest BCUT2D eigenvalue weighted by atomic mass is 10.0. The summed E-state index contributed by atoms with van der Waals surface area (Å²) in [5.41, 5.74) is 1.97. The van der Waals surface area contributed by atoms with Crippen molar-refractivity contribution in [3.8, 4) is 0 Å². The smallest absolute Gasteiger partial charge is 0.272 e. The molecule has 3 rings (SSSR count). The molecule has 0 spiro atoms. The summed E-state index contributed by atoms with van der Waals surface area (Å²) in [6, 6.07) is 2.03. The fourth-order valence-electron chi connectivity index (χ4n) is 3.32. The normalized spacial score (nSPS) is 15.7. The molecule has 0 radical (unpaired) electrons. The molecule has 3 heterocycles. The highest BCUT2D eigenvalue weighted by molar-refractivity contribution is 5.92. The molecule has 0 saturated carbocycles. The minimum atomic E-state index is -0.108. The summed E-state index contributed by atoms with van der Waals surface area (Å²) in [4.78, 5) is 23.5. The molecule has 1 fully saturated rings. The van der Waals surface area contributed by atoms with Crippen LogP contribution in [0.1, 0.15) is 60.4 Å². The molecule has 8 heteroatoms. The average molecular weight is 358 g/mol. The Balaban J connectivity index is 1.65. The molecule has 8 nitrogen and oxygen atoms in total. The van der Waals surface area contributed by atoms with Crippen molar-refractivity contribution in [2.45, 2.75) is 52.7 Å². The van der Waals surface area contributed by atoms with Gasteiger partial charge in [-0.15, -0.1) is 5.10 Å². The Morgan fingerprint density at radius 2 is 2.00 bits per heavy atom. The molecular formula is C18H26N6O2. The highest BCUT2D eigenvalue weighted by Crippen LogP contribution is 2.23. The van der Waals surface area contributed by atoms with Crippen molar-refractivity contribution in [3.63, 3.8) is 0 Å². The van der Waals surface area contributed by atoms with E-state index in [2.05, 4.69) is 34.1 Å². The van der Waals surface area contributed by atoms with Crippen LogP contribution in [-0.4, -0.2) is 54.0 Å². The second kappa shape index (κ2) is 7.90. The highest BCUT2D eigenvalue weighted by Gasteiger charge is 2.26. The van der Waals surface area contributed by atoms with Crippen molar-refractivity contribution >= 4 is 5.91 Å². The van der Waals surface area contributed by atoms with Gasteiger partial charge in [0.2, 0.25) is 0 Å². The maximum atomic E-state index is 12.9. The van der Waals surface area contributed by atoms with E-state index < -0.39 is 0 Å². The number of hydrogen-bond acceptors (Lipinski definition) is 6. The lowest BCUT2D eigenvalue weighted by molar-refractivity contribution is 0.0682. The standard InChI is InChI=1S/C18H26N6O2/c1-12(2)8-14-9-17(20-13(3)19-14)18(26)23-6-4-16(5-7-23)24-10-15(11-25)21-22-24/h9-10,12,16,25H,4-8,11H2,1-3H3. The van der Waals surface area contributed by atoms with E-state index in [0.717, 1.165) is 25.0 Å². The number of hydrogen-bond donors (Lipinski definition) is 1. The van der Waals surface area contributed by atoms with Gasteiger partial charge in [-0.3, -0.25) is 4.79 Å². The molecule has 1 saturated heterocycles. The van der Waals surface area contributed by atoms with Crippen molar-refractivity contribution in [1.82, 2.24) is 29.9 Å². The number of aryl methyl sites for hydroxylation is 1. The van der Waals surface area contributed by atoms with Gasteiger partial charge in [-0.25, -0.2) is 14.6 Å². The number of rotatable bonds is 5. The molecule has 0 unspecified atom stereocenters. The third-order valence-corrected chi connectivity index (χ3v) is 4.57. The lowest BCUT2D eigenvalue weighted by Gasteiger charge is -2.31. The third kappa shape index (κ3) is 4.24. The Bertz CT molecular complexity index is 765. The predicted octanol–water partition coefficient (Wildman–Crippen LogP) is 1.54. The molecule has 0 aromatic carbocycles. The molecule has 26 heavy (non-hydrogen) atoms. The van der Waals surface area contributed by atoms with Crippen LogP contribution in [0.3, 0.4) is 0 Å². The van der Waals surface area contributed by atoms with Gasteiger partial charge in [0.1, 0.15) is 17.2 Å². The van der Waals surface area contributed by atoms with Crippen LogP contribution >= 0.6 is 0 Å². The SMILES string of the molecule is Cc1nc(CC(C)C)cc(C(=O)N2CCC(n3cc(CO)nn3)CC2)n1. The highest BCUT2D eigenvalue weighted by atomic mass is 16.3. The summed E-state index contributed by atoms with van der Waals surface area (Å²) in [5.74, 6) is 1.09. The first-order valence-electron chi connectivity index (χ1n) is 9.11. The van der Waals surface area contributed by atoms with Gasteiger partial charge in [-0.2, -0.15) is 0 Å². The maximum absolute atomic E-state index is 12.9. The van der Waals surface area contributed by atoms with Gasteiger partial charge < -0.3 is 10.0 Å². The lowest BCUT2D eigenvalue weighted by Crippen LogP contribution is -2.39. The number of nitrogens with zero attached hydrogens (tertiary/aromatic N) is 6. The van der Waals surface area contributed by atoms with Crippen molar-refractivity contribution in [3.05, 3.63) is 35.2 Å². The van der Waals surface area contributed by atoms with Crippen LogP contribution in [0.4, 0.5) is 0 Å². The topological polar surface area (TPSA) is 97.0 Å². The minimum absolute atomic E-state index is 0.0337. The van der Waals surface area contributed by atoms with Crippen LogP contribution < -0.4 is 0 Å². The zero-order chi connectivity index (χ0) is 18.7. The summed E-state index contributed by atoms with van der Waals surface area (Å²) in [7, 11) is 0. The molecule has 140 valence electrons. The number of aliphatic hydroxyl groups is 1. The monoisotopic (exact) mass is 358 g/mol. The Labute approximate surface area is 153 Å². The quantitative estimate of drug-likeness (QED) is 0.871. The number of aliphatic hydroxyl groups excluding tert-OH is 1. The van der Waals surface area contributed by atoms with Crippen LogP contribution in [0.5, 0.6) is 0 Å². The summed E-state index contributed by atoms with van der Waals surface area (Å²) in [6.45, 7) is 7.30. The Morgan fingerprint density at radius 1 is 1.27 bits per heavy atom. The zero-order valence-corrected chi connectivity index (χ0v) is 15.6. The maximum Gasteiger partial charge on any atom is 0.272 e. The van der Waals surface area contributed by atoms with Gasteiger partial charge >= 0.3 is 0 Å². The van der Waals surface area contributed by atoms with Crippen LogP contribution in [0.15, 0.2) is 12.3 Å². The van der Waals surface area contributed by atoms with Gasteiger partial charge in [0.15, 0.2) is 0 Å². The fourth-order valence-corrected chi connectivity index (χ4v) is 3.32. The van der Waals surface area contributed by atoms with E-state index in [0.29, 0.717) is 36.2 Å². The summed E-state index contributed by atoms with van der Waals surface area (Å²) in [6.07, 6.45) is 4.23. The van der Waals surface area contributed by atoms with E-state index in [4.69, 9.17) is 5.11 Å². The summed E-state index contributed by atoms with van der Waals surface area (Å²) in [5, 5.41) is 17.1. The molecule has 2 aromatic rings. The first kappa shape index (κ1) is 18.4. The number of carbonyl (C=O) groups excluding carboxylic acids is 1. The molecule has 1 aliphatic rings. The van der Waals surface area contributed by atoms with Crippen LogP contribution in [0.25, 0.3) is 0 Å². The Hall–Kier alpha value is -2.35. The van der Waals surface area contributed by atoms with Crippen LogP contribution in [0.2, 0.25) is 0 Å². The van der Waals surface area contributed by atoms with E-state index in [1.807, 2.05) is 17.9 Å². The second-order valence-corrected chi connectivity index (χ2v) is 7.26. The average Bonchev–Trinajstić information content (AvgIpc) is 3.09. The van der Waals surface area contributed by atoms with E-state index >= 15 is 0 Å². The van der Waals surface area contributed by atoms with E-state index in [9.17, 15) is 4.79 Å². The minimum Gasteiger partial charge on any atom is -0.390 e. The molecular weight excluding hydrogens is 332 g/mol. The number of carbonyl (C=O) groups is 1. The van der Waals surface area contributed by atoms with E-state index in [1.165, 1.54) is 0 Å². The Kier molecular flexibility index (Phi) is 5.61. The van der Waals surface area contributed by atoms with Crippen molar-refractivity contribution in [2.24, 2.45) is 5.92 Å².